The van der Waals surface area contributed by atoms with Crippen LogP contribution in [0.3, 0.4) is 0 Å². The second-order valence-electron chi connectivity index (χ2n) is 5.71. The van der Waals surface area contributed by atoms with Gasteiger partial charge >= 0.3 is 0 Å². The summed E-state index contributed by atoms with van der Waals surface area (Å²) in [6.45, 7) is 1.92. The Kier molecular flexibility index (Phi) is 5.11. The van der Waals surface area contributed by atoms with Gasteiger partial charge in [0.25, 0.3) is 0 Å². The van der Waals surface area contributed by atoms with Gasteiger partial charge in [0.05, 0.1) is 0 Å². The summed E-state index contributed by atoms with van der Waals surface area (Å²) >= 11 is 0. The number of hydrogen-bond donors (Lipinski definition) is 1. The maximum Gasteiger partial charge on any atom is 0.0468 e. The van der Waals surface area contributed by atoms with Crippen molar-refractivity contribution in [3.05, 3.63) is 0 Å². The van der Waals surface area contributed by atoms with Crippen LogP contribution in [0.1, 0.15) is 57.8 Å². The molecule has 0 spiro atoms. The van der Waals surface area contributed by atoms with Gasteiger partial charge in [0.15, 0.2) is 0 Å². The summed E-state index contributed by atoms with van der Waals surface area (Å²) in [6, 6.07) is 0.459. The first kappa shape index (κ1) is 12.4. The molecule has 1 heterocycles. The molecule has 2 aliphatic rings. The van der Waals surface area contributed by atoms with Crippen molar-refractivity contribution in [2.24, 2.45) is 17.6 Å². The molecule has 16 heavy (non-hydrogen) atoms. The predicted octanol–water partition coefficient (Wildman–Crippen LogP) is 3.10. The minimum absolute atomic E-state index is 0.459. The van der Waals surface area contributed by atoms with E-state index in [2.05, 4.69) is 0 Å². The molecule has 1 aliphatic carbocycles. The highest BCUT2D eigenvalue weighted by molar-refractivity contribution is 4.79. The molecule has 0 amide bonds. The Labute approximate surface area is 99.9 Å². The average molecular weight is 225 g/mol. The van der Waals surface area contributed by atoms with Crippen LogP contribution < -0.4 is 5.73 Å². The van der Waals surface area contributed by atoms with Crippen molar-refractivity contribution in [1.82, 2.24) is 0 Å². The monoisotopic (exact) mass is 225 g/mol. The fourth-order valence-corrected chi connectivity index (χ4v) is 3.30. The number of hydrogen-bond acceptors (Lipinski definition) is 2. The van der Waals surface area contributed by atoms with E-state index in [1.807, 2.05) is 0 Å². The summed E-state index contributed by atoms with van der Waals surface area (Å²) in [4.78, 5) is 0. The van der Waals surface area contributed by atoms with Crippen LogP contribution in [-0.2, 0) is 4.74 Å². The normalized spacial score (nSPS) is 27.6. The molecule has 1 saturated carbocycles. The standard InChI is InChI=1S/C14H27NO/c15-14(11-12-7-9-16-10-8-12)13-5-3-1-2-4-6-13/h12-14H,1-11,15H2. The van der Waals surface area contributed by atoms with Gasteiger partial charge in [-0.15, -0.1) is 0 Å². The van der Waals surface area contributed by atoms with Crippen molar-refractivity contribution < 1.29 is 4.74 Å². The second kappa shape index (κ2) is 6.61. The van der Waals surface area contributed by atoms with E-state index in [-0.39, 0.29) is 0 Å². The van der Waals surface area contributed by atoms with Gasteiger partial charge in [0.2, 0.25) is 0 Å². The molecule has 2 heteroatoms. The lowest BCUT2D eigenvalue weighted by Crippen LogP contribution is -2.33. The van der Waals surface area contributed by atoms with Crippen LogP contribution in [0.4, 0.5) is 0 Å². The summed E-state index contributed by atoms with van der Waals surface area (Å²) in [6.07, 6.45) is 12.2. The quantitative estimate of drug-likeness (QED) is 0.749. The van der Waals surface area contributed by atoms with E-state index in [4.69, 9.17) is 10.5 Å². The lowest BCUT2D eigenvalue weighted by atomic mass is 9.84. The Morgan fingerprint density at radius 3 is 2.19 bits per heavy atom. The van der Waals surface area contributed by atoms with Gasteiger partial charge in [-0.1, -0.05) is 25.7 Å². The Morgan fingerprint density at radius 2 is 1.56 bits per heavy atom. The maximum absolute atomic E-state index is 6.41. The molecule has 0 aromatic carbocycles. The molecule has 2 rings (SSSR count). The third-order valence-corrected chi connectivity index (χ3v) is 4.45. The molecule has 94 valence electrons. The van der Waals surface area contributed by atoms with Gasteiger partial charge in [-0.05, 0) is 43.9 Å². The van der Waals surface area contributed by atoms with Crippen molar-refractivity contribution >= 4 is 0 Å². The van der Waals surface area contributed by atoms with Crippen LogP contribution in [0.5, 0.6) is 0 Å². The number of nitrogens with two attached hydrogens (primary N) is 1. The molecule has 1 aliphatic heterocycles. The van der Waals surface area contributed by atoms with Gasteiger partial charge in [-0.3, -0.25) is 0 Å². The van der Waals surface area contributed by atoms with Crippen molar-refractivity contribution in [1.29, 1.82) is 0 Å². The fourth-order valence-electron chi connectivity index (χ4n) is 3.30. The molecular weight excluding hydrogens is 198 g/mol. The smallest absolute Gasteiger partial charge is 0.0468 e. The van der Waals surface area contributed by atoms with Crippen molar-refractivity contribution in [2.75, 3.05) is 13.2 Å². The summed E-state index contributed by atoms with van der Waals surface area (Å²) < 4.78 is 5.41. The van der Waals surface area contributed by atoms with Crippen LogP contribution >= 0.6 is 0 Å². The molecule has 2 fully saturated rings. The highest BCUT2D eigenvalue weighted by Crippen LogP contribution is 2.29. The summed E-state index contributed by atoms with van der Waals surface area (Å²) in [5, 5.41) is 0. The van der Waals surface area contributed by atoms with Gasteiger partial charge in [-0.25, -0.2) is 0 Å². The Bertz CT molecular complexity index is 181. The van der Waals surface area contributed by atoms with Gasteiger partial charge in [0, 0.05) is 19.3 Å². The van der Waals surface area contributed by atoms with Crippen LogP contribution in [0.15, 0.2) is 0 Å². The lowest BCUT2D eigenvalue weighted by molar-refractivity contribution is 0.0594. The van der Waals surface area contributed by atoms with E-state index in [0.717, 1.165) is 25.0 Å². The van der Waals surface area contributed by atoms with E-state index in [9.17, 15) is 0 Å². The molecular formula is C14H27NO. The number of rotatable bonds is 3. The first-order valence-corrected chi connectivity index (χ1v) is 7.19. The van der Waals surface area contributed by atoms with Crippen molar-refractivity contribution in [2.45, 2.75) is 63.8 Å². The van der Waals surface area contributed by atoms with Crippen LogP contribution in [0, 0.1) is 11.8 Å². The van der Waals surface area contributed by atoms with Crippen LogP contribution in [0.25, 0.3) is 0 Å². The van der Waals surface area contributed by atoms with Gasteiger partial charge in [0.1, 0.15) is 0 Å². The first-order valence-electron chi connectivity index (χ1n) is 7.19. The van der Waals surface area contributed by atoms with Crippen molar-refractivity contribution in [3.63, 3.8) is 0 Å². The largest absolute Gasteiger partial charge is 0.381 e. The Hall–Kier alpha value is -0.0800. The molecule has 0 aromatic rings. The molecule has 1 atom stereocenters. The minimum Gasteiger partial charge on any atom is -0.381 e. The zero-order valence-corrected chi connectivity index (χ0v) is 10.5. The molecule has 2 N–H and O–H groups in total. The highest BCUT2D eigenvalue weighted by Gasteiger charge is 2.23. The summed E-state index contributed by atoms with van der Waals surface area (Å²) in [5.41, 5.74) is 6.41. The third-order valence-electron chi connectivity index (χ3n) is 4.45. The zero-order valence-electron chi connectivity index (χ0n) is 10.5. The Balaban J connectivity index is 1.74. The number of ether oxygens (including phenoxy) is 1. The minimum atomic E-state index is 0.459. The molecule has 0 aromatic heterocycles. The zero-order chi connectivity index (χ0) is 11.2. The fraction of sp³-hybridized carbons (Fsp3) is 1.00. The van der Waals surface area contributed by atoms with E-state index < -0.39 is 0 Å². The average Bonchev–Trinajstić information content (AvgIpc) is 2.59. The second-order valence-corrected chi connectivity index (χ2v) is 5.71. The Morgan fingerprint density at radius 1 is 0.938 bits per heavy atom. The SMILES string of the molecule is NC(CC1CCOCC1)C1CCCCCC1. The van der Waals surface area contributed by atoms with Gasteiger partial charge < -0.3 is 10.5 Å². The topological polar surface area (TPSA) is 35.2 Å². The van der Waals surface area contributed by atoms with E-state index in [0.29, 0.717) is 6.04 Å². The predicted molar refractivity (Wildman–Crippen MR) is 67.3 cm³/mol. The highest BCUT2D eigenvalue weighted by atomic mass is 16.5. The van der Waals surface area contributed by atoms with E-state index >= 15 is 0 Å². The van der Waals surface area contributed by atoms with E-state index in [1.54, 1.807) is 0 Å². The molecule has 0 bridgehead atoms. The summed E-state index contributed by atoms with van der Waals surface area (Å²) in [7, 11) is 0. The first-order chi connectivity index (χ1) is 7.86. The van der Waals surface area contributed by atoms with Gasteiger partial charge in [-0.2, -0.15) is 0 Å². The van der Waals surface area contributed by atoms with Crippen molar-refractivity contribution in [3.8, 4) is 0 Å². The van der Waals surface area contributed by atoms with E-state index in [1.165, 1.54) is 57.8 Å². The lowest BCUT2D eigenvalue weighted by Gasteiger charge is -2.29. The molecule has 1 unspecified atom stereocenters. The van der Waals surface area contributed by atoms with Crippen LogP contribution in [0.2, 0.25) is 0 Å². The summed E-state index contributed by atoms with van der Waals surface area (Å²) in [5.74, 6) is 1.65. The molecule has 0 radical (unpaired) electrons. The van der Waals surface area contributed by atoms with Crippen LogP contribution in [-0.4, -0.2) is 19.3 Å². The molecule has 2 nitrogen and oxygen atoms in total. The molecule has 1 saturated heterocycles. The maximum atomic E-state index is 6.41. The third kappa shape index (κ3) is 3.74.